The molecule has 8 heavy (non-hydrogen) atoms. The summed E-state index contributed by atoms with van der Waals surface area (Å²) < 4.78 is 0. The monoisotopic (exact) mass is 106 g/mol. The first-order valence-corrected chi connectivity index (χ1v) is 2.80. The molecule has 1 rings (SSSR count). The van der Waals surface area contributed by atoms with Crippen molar-refractivity contribution in [2.45, 2.75) is 12.8 Å². The minimum Gasteiger partial charge on any atom is -0.198 e. The molecule has 1 aliphatic carbocycles. The Hall–Kier alpha value is -0.770. The molecule has 1 aliphatic rings. The van der Waals surface area contributed by atoms with Crippen LogP contribution in [0.1, 0.15) is 12.8 Å². The maximum atomic E-state index is 8.22. The highest BCUT2D eigenvalue weighted by molar-refractivity contribution is 5.08. The number of hydrogen-bond acceptors (Lipinski definition) is 1. The molecule has 41 valence electrons. The zero-order valence-corrected chi connectivity index (χ0v) is 4.67. The van der Waals surface area contributed by atoms with Gasteiger partial charge in [-0.25, -0.2) is 0 Å². The van der Waals surface area contributed by atoms with E-state index in [0.29, 0.717) is 12.3 Å². The Morgan fingerprint density at radius 3 is 3.12 bits per heavy atom. The lowest BCUT2D eigenvalue weighted by Crippen LogP contribution is -1.87. The second-order valence-corrected chi connectivity index (χ2v) is 1.93. The van der Waals surface area contributed by atoms with E-state index in [-0.39, 0.29) is 0 Å². The van der Waals surface area contributed by atoms with Crippen LogP contribution in [0.25, 0.3) is 0 Å². The van der Waals surface area contributed by atoms with E-state index in [1.807, 2.05) is 0 Å². The Balaban J connectivity index is 2.28. The molecule has 0 saturated carbocycles. The highest BCUT2D eigenvalue weighted by Crippen LogP contribution is 2.17. The first-order chi connectivity index (χ1) is 3.93. The molecule has 1 heteroatoms. The lowest BCUT2D eigenvalue weighted by molar-refractivity contribution is 0.790. The first-order valence-electron chi connectivity index (χ1n) is 2.80. The molecule has 0 aromatic rings. The van der Waals surface area contributed by atoms with Crippen LogP contribution in [-0.2, 0) is 0 Å². The Morgan fingerprint density at radius 2 is 2.62 bits per heavy atom. The quantitative estimate of drug-likeness (QED) is 0.466. The van der Waals surface area contributed by atoms with Crippen LogP contribution in [0, 0.1) is 23.7 Å². The van der Waals surface area contributed by atoms with Gasteiger partial charge >= 0.3 is 0 Å². The van der Waals surface area contributed by atoms with Crippen molar-refractivity contribution in [3.8, 4) is 6.07 Å². The third-order valence-electron chi connectivity index (χ3n) is 1.29. The van der Waals surface area contributed by atoms with Crippen LogP contribution in [0.5, 0.6) is 0 Å². The summed E-state index contributed by atoms with van der Waals surface area (Å²) in [7, 11) is 0. The minimum absolute atomic E-state index is 0.444. The Bertz CT molecular complexity index is 130. The summed E-state index contributed by atoms with van der Waals surface area (Å²) >= 11 is 0. The van der Waals surface area contributed by atoms with Crippen LogP contribution >= 0.6 is 0 Å². The van der Waals surface area contributed by atoms with E-state index >= 15 is 0 Å². The van der Waals surface area contributed by atoms with Gasteiger partial charge in [0.15, 0.2) is 0 Å². The molecular formula is C7H8N. The van der Waals surface area contributed by atoms with Crippen LogP contribution in [0.2, 0.25) is 0 Å². The minimum atomic E-state index is 0.444. The molecule has 0 N–H and O–H groups in total. The van der Waals surface area contributed by atoms with Gasteiger partial charge in [0.2, 0.25) is 0 Å². The lowest BCUT2D eigenvalue weighted by atomic mass is 10.1. The molecule has 0 spiro atoms. The first kappa shape index (κ1) is 5.37. The van der Waals surface area contributed by atoms with Gasteiger partial charge in [-0.2, -0.15) is 5.26 Å². The van der Waals surface area contributed by atoms with Crippen LogP contribution in [0.3, 0.4) is 0 Å². The maximum absolute atomic E-state index is 8.22. The molecular weight excluding hydrogens is 98.1 g/mol. The van der Waals surface area contributed by atoms with Crippen LogP contribution in [0.4, 0.5) is 0 Å². The highest BCUT2D eigenvalue weighted by Gasteiger charge is 2.06. The second-order valence-electron chi connectivity index (χ2n) is 1.93. The number of rotatable bonds is 1. The fourth-order valence-corrected chi connectivity index (χ4v) is 0.842. The molecule has 0 amide bonds. The van der Waals surface area contributed by atoms with E-state index in [9.17, 15) is 0 Å². The molecule has 0 fully saturated rings. The predicted molar refractivity (Wildman–Crippen MR) is 31.8 cm³/mol. The topological polar surface area (TPSA) is 23.8 Å². The van der Waals surface area contributed by atoms with Gasteiger partial charge in [-0.3, -0.25) is 0 Å². The van der Waals surface area contributed by atoms with Crippen molar-refractivity contribution < 1.29 is 0 Å². The summed E-state index contributed by atoms with van der Waals surface area (Å²) in [6.45, 7) is 0. The van der Waals surface area contributed by atoms with Crippen molar-refractivity contribution in [2.24, 2.45) is 5.92 Å². The SMILES string of the molecule is N#CCC1[CH]CC=C1. The van der Waals surface area contributed by atoms with Crippen LogP contribution in [-0.4, -0.2) is 0 Å². The summed E-state index contributed by atoms with van der Waals surface area (Å²) in [6, 6.07) is 2.13. The van der Waals surface area contributed by atoms with Gasteiger partial charge in [-0.05, 0) is 18.8 Å². The third kappa shape index (κ3) is 1.10. The largest absolute Gasteiger partial charge is 0.198 e. The van der Waals surface area contributed by atoms with Crippen molar-refractivity contribution >= 4 is 0 Å². The molecule has 1 unspecified atom stereocenters. The van der Waals surface area contributed by atoms with Crippen molar-refractivity contribution in [2.75, 3.05) is 0 Å². The number of nitriles is 1. The van der Waals surface area contributed by atoms with E-state index in [0.717, 1.165) is 6.42 Å². The van der Waals surface area contributed by atoms with Gasteiger partial charge in [-0.15, -0.1) is 0 Å². The van der Waals surface area contributed by atoms with Gasteiger partial charge in [0.05, 0.1) is 6.07 Å². The number of nitrogens with zero attached hydrogens (tertiary/aromatic N) is 1. The zero-order chi connectivity index (χ0) is 5.82. The molecule has 0 heterocycles. The van der Waals surface area contributed by atoms with Gasteiger partial charge in [0.1, 0.15) is 0 Å². The molecule has 0 aromatic carbocycles. The maximum Gasteiger partial charge on any atom is 0.0628 e. The zero-order valence-electron chi connectivity index (χ0n) is 4.67. The van der Waals surface area contributed by atoms with Crippen molar-refractivity contribution in [3.05, 3.63) is 18.6 Å². The summed E-state index contributed by atoms with van der Waals surface area (Å²) in [5.41, 5.74) is 0. The average Bonchev–Trinajstić information content (AvgIpc) is 2.19. The van der Waals surface area contributed by atoms with Gasteiger partial charge in [0.25, 0.3) is 0 Å². The van der Waals surface area contributed by atoms with Gasteiger partial charge in [-0.1, -0.05) is 12.2 Å². The van der Waals surface area contributed by atoms with E-state index in [2.05, 4.69) is 24.6 Å². The molecule has 0 saturated heterocycles. The number of hydrogen-bond donors (Lipinski definition) is 0. The van der Waals surface area contributed by atoms with Crippen molar-refractivity contribution in [1.29, 1.82) is 5.26 Å². The van der Waals surface area contributed by atoms with Crippen LogP contribution < -0.4 is 0 Å². The molecule has 1 radical (unpaired) electrons. The third-order valence-corrected chi connectivity index (χ3v) is 1.29. The summed E-state index contributed by atoms with van der Waals surface area (Å²) in [4.78, 5) is 0. The fourth-order valence-electron chi connectivity index (χ4n) is 0.842. The molecule has 1 atom stereocenters. The second kappa shape index (κ2) is 2.52. The van der Waals surface area contributed by atoms with Crippen molar-refractivity contribution in [1.82, 2.24) is 0 Å². The highest BCUT2D eigenvalue weighted by atomic mass is 14.2. The standard InChI is InChI=1S/C7H8N/c8-6-5-7-3-1-2-4-7/h1,3-4,7H,2,5H2. The Kier molecular flexibility index (Phi) is 1.69. The summed E-state index contributed by atoms with van der Waals surface area (Å²) in [5, 5.41) is 8.22. The van der Waals surface area contributed by atoms with Gasteiger partial charge in [0, 0.05) is 6.42 Å². The van der Waals surface area contributed by atoms with Crippen LogP contribution in [0.15, 0.2) is 12.2 Å². The van der Waals surface area contributed by atoms with E-state index in [1.54, 1.807) is 0 Å². The normalized spacial score (nSPS) is 25.6. The molecule has 0 bridgehead atoms. The fraction of sp³-hybridized carbons (Fsp3) is 0.429. The van der Waals surface area contributed by atoms with Gasteiger partial charge < -0.3 is 0 Å². The van der Waals surface area contributed by atoms with Crippen molar-refractivity contribution in [3.63, 3.8) is 0 Å². The summed E-state index contributed by atoms with van der Waals surface area (Å²) in [6.07, 6.45) is 8.04. The lowest BCUT2D eigenvalue weighted by Gasteiger charge is -1.95. The molecule has 0 aliphatic heterocycles. The smallest absolute Gasteiger partial charge is 0.0628 e. The molecule has 0 aromatic heterocycles. The summed E-state index contributed by atoms with van der Waals surface area (Å²) in [5.74, 6) is 0.444. The van der Waals surface area contributed by atoms with E-state index < -0.39 is 0 Å². The Morgan fingerprint density at radius 1 is 1.75 bits per heavy atom. The average molecular weight is 106 g/mol. The van der Waals surface area contributed by atoms with E-state index in [4.69, 9.17) is 5.26 Å². The Labute approximate surface area is 49.6 Å². The molecule has 1 nitrogen and oxygen atoms in total. The predicted octanol–water partition coefficient (Wildman–Crippen LogP) is 1.68. The van der Waals surface area contributed by atoms with E-state index in [1.165, 1.54) is 0 Å². The number of allylic oxidation sites excluding steroid dienone is 2.